The van der Waals surface area contributed by atoms with Crippen molar-refractivity contribution in [2.45, 2.75) is 20.6 Å². The summed E-state index contributed by atoms with van der Waals surface area (Å²) in [6.07, 6.45) is 0. The van der Waals surface area contributed by atoms with Gasteiger partial charge in [-0.3, -0.25) is 0 Å². The van der Waals surface area contributed by atoms with Gasteiger partial charge in [0.1, 0.15) is 0 Å². The fourth-order valence-corrected chi connectivity index (χ4v) is 13.6. The van der Waals surface area contributed by atoms with Gasteiger partial charge in [0.05, 0.1) is 43.4 Å². The number of para-hydroxylation sites is 4. The van der Waals surface area contributed by atoms with Crippen LogP contribution in [0, 0.1) is 0 Å². The summed E-state index contributed by atoms with van der Waals surface area (Å²) in [4.78, 5) is 5.05. The Bertz CT molecular complexity index is 3370. The molecule has 4 aliphatic rings. The Hall–Kier alpha value is -8.25. The minimum absolute atomic E-state index is 0.242. The Labute approximate surface area is 390 Å². The topological polar surface area (TPSA) is 40.6 Å². The minimum atomic E-state index is -3.88. The fourth-order valence-electron chi connectivity index (χ4n) is 12.4. The molecule has 2 heterocycles. The number of hydrogen-bond acceptors (Lipinski definition) is 4. The lowest BCUT2D eigenvalue weighted by Crippen LogP contribution is -2.36. The monoisotopic (exact) mass is 876 g/mol. The minimum Gasteiger partial charge on any atom is -0.310 e. The number of sulfone groups is 1. The first-order valence-corrected chi connectivity index (χ1v) is 24.3. The average molecular weight is 877 g/mol. The molecule has 316 valence electrons. The zero-order chi connectivity index (χ0) is 44.5. The largest absolute Gasteiger partial charge is 0.310 e. The molecule has 4 nitrogen and oxygen atoms in total. The van der Waals surface area contributed by atoms with E-state index in [4.69, 9.17) is 0 Å². The molecule has 0 unspecified atom stereocenters. The Morgan fingerprint density at radius 3 is 0.746 bits per heavy atom. The Morgan fingerprint density at radius 2 is 0.478 bits per heavy atom. The highest BCUT2D eigenvalue weighted by Crippen LogP contribution is 2.65. The summed E-state index contributed by atoms with van der Waals surface area (Å²) in [5.41, 5.74) is 19.8. The molecule has 2 aliphatic heterocycles. The summed E-state index contributed by atoms with van der Waals surface area (Å²) in [5.74, 6) is 0. The SMILES string of the molecule is O=S(=O)(c1ccc(N2c3ccccc3C3(c4ccccc4-c4ccccc43)c3ccccc32)cc1)c1ccc(N2c3ccccc3C3(c4ccccc4-c4ccccc43)c3ccccc32)cc1. The number of rotatable bonds is 4. The van der Waals surface area contributed by atoms with Crippen LogP contribution in [0.3, 0.4) is 0 Å². The summed E-state index contributed by atoms with van der Waals surface area (Å²) in [6, 6.07) is 84.6. The third kappa shape index (κ3) is 4.88. The van der Waals surface area contributed by atoms with Gasteiger partial charge in [0.15, 0.2) is 0 Å². The summed E-state index contributed by atoms with van der Waals surface area (Å²) >= 11 is 0. The van der Waals surface area contributed by atoms with Gasteiger partial charge in [-0.25, -0.2) is 8.42 Å². The van der Waals surface area contributed by atoms with E-state index in [0.29, 0.717) is 0 Å². The normalized spacial score (nSPS) is 14.9. The first-order chi connectivity index (χ1) is 33.0. The van der Waals surface area contributed by atoms with Crippen LogP contribution in [0.5, 0.6) is 0 Å². The van der Waals surface area contributed by atoms with Crippen LogP contribution < -0.4 is 9.80 Å². The molecule has 0 N–H and O–H groups in total. The van der Waals surface area contributed by atoms with Crippen LogP contribution >= 0.6 is 0 Å². The van der Waals surface area contributed by atoms with Crippen molar-refractivity contribution >= 4 is 44.0 Å². The molecule has 2 spiro atoms. The molecule has 14 rings (SSSR count). The van der Waals surface area contributed by atoms with Gasteiger partial charge in [-0.1, -0.05) is 170 Å². The van der Waals surface area contributed by atoms with E-state index in [9.17, 15) is 8.42 Å². The molecule has 0 saturated carbocycles. The molecule has 0 atom stereocenters. The first kappa shape index (κ1) is 38.1. The molecule has 0 fully saturated rings. The van der Waals surface area contributed by atoms with Crippen LogP contribution in [0.25, 0.3) is 22.3 Å². The van der Waals surface area contributed by atoms with Gasteiger partial charge in [0.2, 0.25) is 9.84 Å². The van der Waals surface area contributed by atoms with E-state index in [0.717, 1.165) is 34.1 Å². The van der Waals surface area contributed by atoms with Crippen LogP contribution in [0.4, 0.5) is 34.1 Å². The van der Waals surface area contributed by atoms with E-state index >= 15 is 0 Å². The van der Waals surface area contributed by atoms with Crippen LogP contribution in [-0.2, 0) is 20.7 Å². The highest BCUT2D eigenvalue weighted by atomic mass is 32.2. The second-order valence-corrected chi connectivity index (χ2v) is 19.9. The molecule has 10 aromatic carbocycles. The van der Waals surface area contributed by atoms with E-state index < -0.39 is 20.7 Å². The number of benzene rings is 10. The standard InChI is InChI=1S/C62H40N2O2S/c65-67(66,43-37-33-41(34-38-43)63-57-29-13-9-25-53(57)61(54-26-10-14-30-58(54)63)49-21-5-1-17-45(49)46-18-2-6-22-50(46)61)44-39-35-42(36-40-44)64-59-31-15-11-27-55(59)62(56-28-12-16-32-60(56)64)51-23-7-3-19-47(51)48-20-4-8-24-52(48)62/h1-40H. The molecule has 0 aromatic heterocycles. The van der Waals surface area contributed by atoms with Crippen LogP contribution in [0.2, 0.25) is 0 Å². The predicted molar refractivity (Wildman–Crippen MR) is 269 cm³/mol. The van der Waals surface area contributed by atoms with Gasteiger partial charge in [-0.05, 0) is 140 Å². The zero-order valence-corrected chi connectivity index (χ0v) is 37.0. The molecule has 10 aromatic rings. The molecule has 67 heavy (non-hydrogen) atoms. The lowest BCUT2D eigenvalue weighted by atomic mass is 9.64. The van der Waals surface area contributed by atoms with Crippen molar-refractivity contribution in [3.63, 3.8) is 0 Å². The van der Waals surface area contributed by atoms with Crippen molar-refractivity contribution < 1.29 is 8.42 Å². The third-order valence-corrected chi connectivity index (χ3v) is 16.7. The second kappa shape index (κ2) is 13.9. The number of fused-ring (bicyclic) bond motifs is 18. The van der Waals surface area contributed by atoms with E-state index in [1.807, 2.05) is 24.3 Å². The van der Waals surface area contributed by atoms with Gasteiger partial charge < -0.3 is 9.80 Å². The maximum Gasteiger partial charge on any atom is 0.206 e. The number of nitrogens with zero attached hydrogens (tertiary/aromatic N) is 2. The van der Waals surface area contributed by atoms with Crippen LogP contribution in [0.1, 0.15) is 44.5 Å². The van der Waals surface area contributed by atoms with Gasteiger partial charge >= 0.3 is 0 Å². The van der Waals surface area contributed by atoms with Gasteiger partial charge in [-0.15, -0.1) is 0 Å². The van der Waals surface area contributed by atoms with Crippen LogP contribution in [-0.4, -0.2) is 8.42 Å². The van der Waals surface area contributed by atoms with Crippen molar-refractivity contribution in [2.75, 3.05) is 9.80 Å². The highest BCUT2D eigenvalue weighted by Gasteiger charge is 2.53. The first-order valence-electron chi connectivity index (χ1n) is 22.8. The molecule has 0 saturated heterocycles. The Kier molecular flexibility index (Phi) is 7.89. The van der Waals surface area contributed by atoms with E-state index in [1.54, 1.807) is 24.3 Å². The molecule has 5 heteroatoms. The molecule has 0 amide bonds. The van der Waals surface area contributed by atoms with Crippen LogP contribution in [0.15, 0.2) is 252 Å². The van der Waals surface area contributed by atoms with Crippen molar-refractivity contribution in [1.82, 2.24) is 0 Å². The van der Waals surface area contributed by atoms with E-state index in [1.165, 1.54) is 66.8 Å². The maximum absolute atomic E-state index is 14.6. The van der Waals surface area contributed by atoms with Gasteiger partial charge in [0.25, 0.3) is 0 Å². The third-order valence-electron chi connectivity index (χ3n) is 14.9. The molecule has 0 radical (unpaired) electrons. The quantitative estimate of drug-likeness (QED) is 0.177. The van der Waals surface area contributed by atoms with Crippen molar-refractivity contribution in [1.29, 1.82) is 0 Å². The molecule has 0 bridgehead atoms. The highest BCUT2D eigenvalue weighted by molar-refractivity contribution is 7.91. The van der Waals surface area contributed by atoms with Crippen molar-refractivity contribution in [3.05, 3.63) is 287 Å². The molecular formula is C62H40N2O2S. The van der Waals surface area contributed by atoms with Gasteiger partial charge in [0, 0.05) is 11.4 Å². The summed E-state index contributed by atoms with van der Waals surface area (Å²) in [6.45, 7) is 0. The average Bonchev–Trinajstić information content (AvgIpc) is 3.85. The van der Waals surface area contributed by atoms with Gasteiger partial charge in [-0.2, -0.15) is 0 Å². The summed E-state index contributed by atoms with van der Waals surface area (Å²) in [5, 5.41) is 0. The number of anilines is 6. The Balaban J connectivity index is 0.838. The second-order valence-electron chi connectivity index (χ2n) is 17.9. The number of hydrogen-bond donors (Lipinski definition) is 0. The molecular weight excluding hydrogens is 837 g/mol. The van der Waals surface area contributed by atoms with E-state index in [-0.39, 0.29) is 9.79 Å². The van der Waals surface area contributed by atoms with Crippen molar-refractivity contribution in [2.24, 2.45) is 0 Å². The maximum atomic E-state index is 14.6. The lowest BCUT2D eigenvalue weighted by molar-refractivity contribution is 0.596. The predicted octanol–water partition coefficient (Wildman–Crippen LogP) is 14.8. The lowest BCUT2D eigenvalue weighted by Gasteiger charge is -2.45. The smallest absolute Gasteiger partial charge is 0.206 e. The summed E-state index contributed by atoms with van der Waals surface area (Å²) < 4.78 is 29.2. The van der Waals surface area contributed by atoms with E-state index in [2.05, 4.69) is 204 Å². The fraction of sp³-hybridized carbons (Fsp3) is 0.0323. The molecule has 2 aliphatic carbocycles. The van der Waals surface area contributed by atoms with Crippen molar-refractivity contribution in [3.8, 4) is 22.3 Å². The Morgan fingerprint density at radius 1 is 0.254 bits per heavy atom. The summed E-state index contributed by atoms with van der Waals surface area (Å²) in [7, 11) is -3.88. The zero-order valence-electron chi connectivity index (χ0n) is 36.2.